The summed E-state index contributed by atoms with van der Waals surface area (Å²) in [6.07, 6.45) is -48.6. The topological polar surface area (TPSA) is 513 Å². The van der Waals surface area contributed by atoms with Gasteiger partial charge in [-0.3, -0.25) is 14.4 Å². The normalized spacial score (nSPS) is 48.6. The lowest BCUT2D eigenvalue weighted by atomic mass is 9.94. The second kappa shape index (κ2) is 26.5. The summed E-state index contributed by atoms with van der Waals surface area (Å²) >= 11 is 0. The third-order valence-corrected chi connectivity index (χ3v) is 13.6. The summed E-state index contributed by atoms with van der Waals surface area (Å²) in [7, 11) is 0. The molecule has 33 nitrogen and oxygen atoms in total. The maximum absolute atomic E-state index is 12.6. The van der Waals surface area contributed by atoms with Gasteiger partial charge in [0.1, 0.15) is 140 Å². The van der Waals surface area contributed by atoms with Crippen LogP contribution in [0.25, 0.3) is 0 Å². The summed E-state index contributed by atoms with van der Waals surface area (Å²) in [4.78, 5) is 36.6. The highest BCUT2D eigenvalue weighted by atomic mass is 16.8. The molecule has 0 saturated carbocycles. The molecule has 3 amide bonds. The van der Waals surface area contributed by atoms with E-state index in [4.69, 9.17) is 52.1 Å². The fraction of sp³-hybridized carbons (Fsp3) is 0.929. The Balaban J connectivity index is 1.16. The van der Waals surface area contributed by atoms with Crippen molar-refractivity contribution in [2.75, 3.05) is 33.0 Å². The van der Waals surface area contributed by atoms with Gasteiger partial charge in [-0.1, -0.05) is 0 Å². The highest BCUT2D eigenvalue weighted by Gasteiger charge is 2.57. The third-order valence-electron chi connectivity index (χ3n) is 13.6. The second-order valence-electron chi connectivity index (χ2n) is 19.0. The molecule has 0 aromatic heterocycles. The largest absolute Gasteiger partial charge is 0.394 e. The van der Waals surface area contributed by atoms with Crippen LogP contribution >= 0.6 is 0 Å². The molecule has 0 aromatic rings. The van der Waals surface area contributed by atoms with Crippen LogP contribution in [-0.2, 0) is 66.5 Å². The van der Waals surface area contributed by atoms with Gasteiger partial charge in [-0.25, -0.2) is 0 Å². The predicted octanol–water partition coefficient (Wildman–Crippen LogP) is -12.6. The highest BCUT2D eigenvalue weighted by Crippen LogP contribution is 2.36. The van der Waals surface area contributed by atoms with E-state index in [1.165, 1.54) is 6.92 Å². The van der Waals surface area contributed by atoms with Crippen molar-refractivity contribution >= 4 is 17.7 Å². The van der Waals surface area contributed by atoms with Crippen LogP contribution < -0.4 is 16.0 Å². The van der Waals surface area contributed by atoms with Crippen molar-refractivity contribution in [2.45, 2.75) is 212 Å². The minimum absolute atomic E-state index is 0.709. The molecule has 75 heavy (non-hydrogen) atoms. The zero-order valence-corrected chi connectivity index (χ0v) is 40.7. The Morgan fingerprint density at radius 2 is 0.733 bits per heavy atom. The van der Waals surface area contributed by atoms with Crippen LogP contribution in [0.4, 0.5) is 0 Å². The molecule has 6 rings (SSSR count). The first-order chi connectivity index (χ1) is 35.4. The molecule has 6 aliphatic rings. The molecule has 0 spiro atoms. The summed E-state index contributed by atoms with van der Waals surface area (Å²) in [5, 5.41) is 179. The van der Waals surface area contributed by atoms with Gasteiger partial charge < -0.3 is 150 Å². The summed E-state index contributed by atoms with van der Waals surface area (Å²) in [5.74, 6) is -2.28. The fourth-order valence-electron chi connectivity index (χ4n) is 9.58. The Labute approximate surface area is 426 Å². The van der Waals surface area contributed by atoms with Crippen molar-refractivity contribution in [1.82, 2.24) is 16.0 Å². The lowest BCUT2D eigenvalue weighted by Gasteiger charge is -2.50. The number of carbonyl (C=O) groups is 3. The molecule has 6 fully saturated rings. The molecular weight excluding hydrogens is 1030 g/mol. The monoisotopic (exact) mass is 1100 g/mol. The molecule has 6 aliphatic heterocycles. The van der Waals surface area contributed by atoms with Crippen LogP contribution in [0.2, 0.25) is 0 Å². The van der Waals surface area contributed by atoms with Crippen LogP contribution in [0.1, 0.15) is 27.7 Å². The van der Waals surface area contributed by atoms with Crippen LogP contribution in [-0.4, -0.2) is 317 Å². The molecule has 0 radical (unpaired) electrons. The molecule has 19 N–H and O–H groups in total. The Morgan fingerprint density at radius 1 is 0.373 bits per heavy atom. The van der Waals surface area contributed by atoms with Gasteiger partial charge in [0, 0.05) is 20.8 Å². The van der Waals surface area contributed by atoms with Crippen molar-refractivity contribution in [2.24, 2.45) is 0 Å². The van der Waals surface area contributed by atoms with Crippen LogP contribution in [0.3, 0.4) is 0 Å². The van der Waals surface area contributed by atoms with Crippen molar-refractivity contribution in [3.05, 3.63) is 0 Å². The van der Waals surface area contributed by atoms with Crippen molar-refractivity contribution < 1.29 is 148 Å². The number of rotatable bonds is 18. The minimum atomic E-state index is -2.20. The quantitative estimate of drug-likeness (QED) is 0.0606. The lowest BCUT2D eigenvalue weighted by Crippen LogP contribution is -2.70. The summed E-state index contributed by atoms with van der Waals surface area (Å²) in [6, 6.07) is -4.85. The van der Waals surface area contributed by atoms with Gasteiger partial charge in [-0.05, 0) is 6.92 Å². The highest BCUT2D eigenvalue weighted by molar-refractivity contribution is 5.74. The molecule has 6 heterocycles. The van der Waals surface area contributed by atoms with Crippen LogP contribution in [0.15, 0.2) is 0 Å². The fourth-order valence-corrected chi connectivity index (χ4v) is 9.58. The second-order valence-corrected chi connectivity index (χ2v) is 19.0. The van der Waals surface area contributed by atoms with E-state index in [9.17, 15) is 96.1 Å². The van der Waals surface area contributed by atoms with Gasteiger partial charge in [-0.15, -0.1) is 0 Å². The van der Waals surface area contributed by atoms with Crippen LogP contribution in [0, 0.1) is 0 Å². The molecule has 434 valence electrons. The molecule has 0 aromatic carbocycles. The smallest absolute Gasteiger partial charge is 0.217 e. The maximum Gasteiger partial charge on any atom is 0.217 e. The first-order valence-electron chi connectivity index (χ1n) is 23.9. The van der Waals surface area contributed by atoms with Crippen LogP contribution in [0.5, 0.6) is 0 Å². The third kappa shape index (κ3) is 13.7. The van der Waals surface area contributed by atoms with Gasteiger partial charge in [0.15, 0.2) is 37.7 Å². The van der Waals surface area contributed by atoms with E-state index in [1.807, 2.05) is 0 Å². The zero-order valence-electron chi connectivity index (χ0n) is 40.7. The number of aliphatic hydroxyl groups excluding tert-OH is 16. The molecule has 0 aliphatic carbocycles. The average molecular weight is 1100 g/mol. The standard InChI is InChI=1S/C42H71N3O30/c1-10-22(53)27(58)30(61)40(66-10)65-9-18-36(25(56)19(37(64)67-18)43-11(2)50)73-39-21(45-13(4)52)26(57)33(15(6-47)69-39)74-41-32(63)29(60)35(17(8-49)71-41)75-42-31(62)28(59)34(16(7-48)70-42)72-38-20(44-12(3)51)24(55)23(54)14(5-46)68-38/h10,14-42,46-49,53-64H,5-9H2,1-4H3,(H,43,50)(H,44,51)(H,45,52)/t10-,14+,15+,16+,17+,18+,19+,20+,21+,22+,23+,24+,25+,26+,27+,28+,29+,30-,31-,32-,33+,34+,35+,36+,37+,38-,39-,40-,41-,42-/m0/s1. The van der Waals surface area contributed by atoms with Crippen molar-refractivity contribution in [3.63, 3.8) is 0 Å². The van der Waals surface area contributed by atoms with Gasteiger partial charge in [-0.2, -0.15) is 0 Å². The van der Waals surface area contributed by atoms with E-state index in [2.05, 4.69) is 16.0 Å². The first kappa shape index (κ1) is 61.5. The lowest BCUT2D eigenvalue weighted by molar-refractivity contribution is -0.385. The van der Waals surface area contributed by atoms with E-state index < -0.39 is 235 Å². The molecule has 30 atom stereocenters. The molecule has 33 heteroatoms. The average Bonchev–Trinajstić information content (AvgIpc) is 3.36. The summed E-state index contributed by atoms with van der Waals surface area (Å²) in [5.41, 5.74) is 0. The zero-order chi connectivity index (χ0) is 55.5. The van der Waals surface area contributed by atoms with Gasteiger partial charge in [0.25, 0.3) is 0 Å². The van der Waals surface area contributed by atoms with E-state index in [-0.39, 0.29) is 0 Å². The SMILES string of the molecule is CC(=O)N[C@@H]1[C@@H](O)[C@H](O[C@@H]2O[C@H](CO)[C@@H](O[C@@H]3O[C@H](CO)[C@@H](O[C@@H]4O[C@H](CO)[C@@H](O[C@@H]5O[C@H](CO)[C@@H](O)[C@H](O)[C@H]5NC(C)=O)[C@H](O)[C@@H]4O)[C@H](O)[C@@H]3O)[C@H](O)[C@H]2NC(C)=O)[C@@H](CO[C@H]2O[C@@H](C)[C@@H](O)[C@@H](O)[C@@H]2O)O[C@H]1O. The Kier molecular flexibility index (Phi) is 21.8. The number of hydrogen-bond donors (Lipinski definition) is 19. The number of hydrogen-bond acceptors (Lipinski definition) is 30. The molecule has 6 saturated heterocycles. The molecule has 0 unspecified atom stereocenters. The summed E-state index contributed by atoms with van der Waals surface area (Å²) in [6.45, 7) is -0.0413. The van der Waals surface area contributed by atoms with Gasteiger partial charge in [0.05, 0.1) is 39.1 Å². The Morgan fingerprint density at radius 3 is 1.19 bits per heavy atom. The van der Waals surface area contributed by atoms with Crippen molar-refractivity contribution in [3.8, 4) is 0 Å². The Bertz CT molecular complexity index is 1850. The molecular formula is C42H71N3O30. The summed E-state index contributed by atoms with van der Waals surface area (Å²) < 4.78 is 63.1. The van der Waals surface area contributed by atoms with Gasteiger partial charge in [0.2, 0.25) is 17.7 Å². The Hall–Kier alpha value is -2.67. The first-order valence-corrected chi connectivity index (χ1v) is 23.9. The number of aliphatic hydroxyl groups is 16. The van der Waals surface area contributed by atoms with E-state index in [0.29, 0.717) is 0 Å². The van der Waals surface area contributed by atoms with E-state index in [0.717, 1.165) is 20.8 Å². The van der Waals surface area contributed by atoms with Gasteiger partial charge >= 0.3 is 0 Å². The van der Waals surface area contributed by atoms with Crippen molar-refractivity contribution in [1.29, 1.82) is 0 Å². The number of amides is 3. The predicted molar refractivity (Wildman–Crippen MR) is 233 cm³/mol. The number of ether oxygens (including phenoxy) is 11. The molecule has 0 bridgehead atoms. The minimum Gasteiger partial charge on any atom is -0.394 e. The van der Waals surface area contributed by atoms with E-state index >= 15 is 0 Å². The van der Waals surface area contributed by atoms with E-state index in [1.54, 1.807) is 0 Å². The maximum atomic E-state index is 12.6. The number of carbonyl (C=O) groups excluding carboxylic acids is 3. The number of nitrogens with one attached hydrogen (secondary N) is 3.